The van der Waals surface area contributed by atoms with Gasteiger partial charge in [-0.1, -0.05) is 29.8 Å². The van der Waals surface area contributed by atoms with Crippen LogP contribution in [0.4, 0.5) is 5.69 Å². The second kappa shape index (κ2) is 8.17. The lowest BCUT2D eigenvalue weighted by Crippen LogP contribution is -2.12. The molecule has 4 rings (SSSR count). The highest BCUT2D eigenvalue weighted by Crippen LogP contribution is 2.36. The summed E-state index contributed by atoms with van der Waals surface area (Å²) in [4.78, 5) is 13.5. The molecule has 0 unspecified atom stereocenters. The smallest absolute Gasteiger partial charge is 0.225 e. The predicted molar refractivity (Wildman–Crippen MR) is 116 cm³/mol. The quantitative estimate of drug-likeness (QED) is 0.374. The van der Waals surface area contributed by atoms with Crippen molar-refractivity contribution in [3.05, 3.63) is 65.7 Å². The Hall–Kier alpha value is -2.63. The number of para-hydroxylation sites is 1. The molecule has 3 aromatic carbocycles. The summed E-state index contributed by atoms with van der Waals surface area (Å²) in [5, 5.41) is 5.62. The molecule has 0 fully saturated rings. The van der Waals surface area contributed by atoms with Crippen LogP contribution in [0.3, 0.4) is 0 Å². The molecule has 4 nitrogen and oxygen atoms in total. The maximum atomic E-state index is 12.4. The molecular weight excluding hydrogens is 394 g/mol. The van der Waals surface area contributed by atoms with Gasteiger partial charge in [0, 0.05) is 38.9 Å². The van der Waals surface area contributed by atoms with E-state index < -0.39 is 0 Å². The molecule has 0 saturated heterocycles. The largest absolute Gasteiger partial charge is 0.495 e. The SMILES string of the molecule is COc1cc2c(cc1NC(=O)CCSc1ccc(Cl)cc1)oc1ccccc12. The van der Waals surface area contributed by atoms with E-state index >= 15 is 0 Å². The van der Waals surface area contributed by atoms with Crippen LogP contribution in [0.1, 0.15) is 6.42 Å². The number of hydrogen-bond donors (Lipinski definition) is 1. The second-order valence-electron chi connectivity index (χ2n) is 6.25. The molecule has 1 aromatic heterocycles. The van der Waals surface area contributed by atoms with Crippen molar-refractivity contribution in [1.29, 1.82) is 0 Å². The van der Waals surface area contributed by atoms with Gasteiger partial charge in [-0.15, -0.1) is 11.8 Å². The first kappa shape index (κ1) is 18.7. The van der Waals surface area contributed by atoms with Gasteiger partial charge >= 0.3 is 0 Å². The standard InChI is InChI=1S/C22H18ClNO3S/c1-26-21-12-17-16-4-2-3-5-19(16)27-20(17)13-18(21)24-22(25)10-11-28-15-8-6-14(23)7-9-15/h2-9,12-13H,10-11H2,1H3,(H,24,25). The van der Waals surface area contributed by atoms with Gasteiger partial charge in [-0.3, -0.25) is 4.79 Å². The number of nitrogens with one attached hydrogen (secondary N) is 1. The van der Waals surface area contributed by atoms with Gasteiger partial charge in [0.05, 0.1) is 12.8 Å². The van der Waals surface area contributed by atoms with Crippen molar-refractivity contribution in [2.45, 2.75) is 11.3 Å². The van der Waals surface area contributed by atoms with Crippen molar-refractivity contribution < 1.29 is 13.9 Å². The van der Waals surface area contributed by atoms with Crippen LogP contribution in [0.15, 0.2) is 70.0 Å². The minimum Gasteiger partial charge on any atom is -0.495 e. The fourth-order valence-electron chi connectivity index (χ4n) is 3.02. The number of fused-ring (bicyclic) bond motifs is 3. The van der Waals surface area contributed by atoms with Crippen LogP contribution in [0.2, 0.25) is 5.02 Å². The Kier molecular flexibility index (Phi) is 5.46. The van der Waals surface area contributed by atoms with Crippen LogP contribution in [-0.4, -0.2) is 18.8 Å². The summed E-state index contributed by atoms with van der Waals surface area (Å²) in [7, 11) is 1.59. The van der Waals surface area contributed by atoms with Crippen LogP contribution in [0.5, 0.6) is 5.75 Å². The molecule has 0 atom stereocenters. The summed E-state index contributed by atoms with van der Waals surface area (Å²) in [6.45, 7) is 0. The number of halogens is 1. The Balaban J connectivity index is 1.47. The van der Waals surface area contributed by atoms with Crippen molar-refractivity contribution in [3.63, 3.8) is 0 Å². The molecule has 4 aromatic rings. The Bertz CT molecular complexity index is 1140. The van der Waals surface area contributed by atoms with E-state index in [1.165, 1.54) is 0 Å². The highest BCUT2D eigenvalue weighted by Gasteiger charge is 2.14. The molecule has 0 saturated carbocycles. The highest BCUT2D eigenvalue weighted by molar-refractivity contribution is 7.99. The molecule has 1 heterocycles. The number of benzene rings is 3. The number of ether oxygens (including phenoxy) is 1. The molecule has 1 N–H and O–H groups in total. The molecule has 0 bridgehead atoms. The van der Waals surface area contributed by atoms with E-state index in [4.69, 9.17) is 20.8 Å². The number of amides is 1. The molecular formula is C22H18ClNO3S. The Morgan fingerprint density at radius 1 is 1.07 bits per heavy atom. The molecule has 0 aliphatic rings. The van der Waals surface area contributed by atoms with Crippen LogP contribution < -0.4 is 10.1 Å². The van der Waals surface area contributed by atoms with E-state index in [1.807, 2.05) is 60.7 Å². The minimum absolute atomic E-state index is 0.0739. The van der Waals surface area contributed by atoms with Gasteiger partial charge in [-0.05, 0) is 36.4 Å². The van der Waals surface area contributed by atoms with Gasteiger partial charge in [0.2, 0.25) is 5.91 Å². The Morgan fingerprint density at radius 3 is 2.64 bits per heavy atom. The monoisotopic (exact) mass is 411 g/mol. The maximum absolute atomic E-state index is 12.4. The van der Waals surface area contributed by atoms with Crippen molar-refractivity contribution >= 4 is 56.9 Å². The fraction of sp³-hybridized carbons (Fsp3) is 0.136. The lowest BCUT2D eigenvalue weighted by atomic mass is 10.1. The van der Waals surface area contributed by atoms with E-state index in [2.05, 4.69) is 5.32 Å². The van der Waals surface area contributed by atoms with E-state index in [1.54, 1.807) is 18.9 Å². The number of hydrogen-bond acceptors (Lipinski definition) is 4. The lowest BCUT2D eigenvalue weighted by molar-refractivity contribution is -0.115. The first-order valence-electron chi connectivity index (χ1n) is 8.81. The summed E-state index contributed by atoms with van der Waals surface area (Å²) in [6.07, 6.45) is 0.384. The van der Waals surface area contributed by atoms with Crippen molar-refractivity contribution in [1.82, 2.24) is 0 Å². The van der Waals surface area contributed by atoms with Crippen molar-refractivity contribution in [2.75, 3.05) is 18.2 Å². The lowest BCUT2D eigenvalue weighted by Gasteiger charge is -2.10. The zero-order valence-corrected chi connectivity index (χ0v) is 16.8. The Labute approximate surface area is 171 Å². The van der Waals surface area contributed by atoms with E-state index in [0.717, 1.165) is 21.3 Å². The molecule has 142 valence electrons. The normalized spacial score (nSPS) is 11.1. The number of carbonyl (C=O) groups excluding carboxylic acids is 1. The zero-order chi connectivity index (χ0) is 19.5. The number of carbonyl (C=O) groups is 1. The summed E-state index contributed by atoms with van der Waals surface area (Å²) >= 11 is 7.50. The van der Waals surface area contributed by atoms with Gasteiger partial charge in [0.25, 0.3) is 0 Å². The third-order valence-corrected chi connectivity index (χ3v) is 5.65. The van der Waals surface area contributed by atoms with Crippen LogP contribution in [0.25, 0.3) is 21.9 Å². The molecule has 1 amide bonds. The molecule has 28 heavy (non-hydrogen) atoms. The zero-order valence-electron chi connectivity index (χ0n) is 15.2. The van der Waals surface area contributed by atoms with Gasteiger partial charge in [0.15, 0.2) is 0 Å². The van der Waals surface area contributed by atoms with Crippen LogP contribution >= 0.6 is 23.4 Å². The van der Waals surface area contributed by atoms with E-state index in [-0.39, 0.29) is 5.91 Å². The predicted octanol–water partition coefficient (Wildman–Crippen LogP) is 6.37. The molecule has 0 radical (unpaired) electrons. The third kappa shape index (κ3) is 3.96. The molecule has 0 aliphatic heterocycles. The number of rotatable bonds is 6. The van der Waals surface area contributed by atoms with Gasteiger partial charge in [0.1, 0.15) is 16.9 Å². The summed E-state index contributed by atoms with van der Waals surface area (Å²) in [5.41, 5.74) is 2.13. The van der Waals surface area contributed by atoms with Crippen LogP contribution in [0, 0.1) is 0 Å². The second-order valence-corrected chi connectivity index (χ2v) is 7.85. The number of anilines is 1. The fourth-order valence-corrected chi connectivity index (χ4v) is 4.00. The first-order chi connectivity index (χ1) is 13.6. The van der Waals surface area contributed by atoms with E-state index in [0.29, 0.717) is 34.2 Å². The molecule has 0 spiro atoms. The Morgan fingerprint density at radius 2 is 1.86 bits per heavy atom. The summed E-state index contributed by atoms with van der Waals surface area (Å²) in [5.74, 6) is 1.20. The van der Waals surface area contributed by atoms with Crippen molar-refractivity contribution in [3.8, 4) is 5.75 Å². The van der Waals surface area contributed by atoms with Gasteiger partial charge in [-0.25, -0.2) is 0 Å². The van der Waals surface area contributed by atoms with Gasteiger partial charge < -0.3 is 14.5 Å². The third-order valence-electron chi connectivity index (χ3n) is 4.38. The van der Waals surface area contributed by atoms with Crippen LogP contribution in [-0.2, 0) is 4.79 Å². The summed E-state index contributed by atoms with van der Waals surface area (Å²) in [6, 6.07) is 19.1. The van der Waals surface area contributed by atoms with E-state index in [9.17, 15) is 4.79 Å². The maximum Gasteiger partial charge on any atom is 0.225 e. The first-order valence-corrected chi connectivity index (χ1v) is 10.2. The summed E-state index contributed by atoms with van der Waals surface area (Å²) < 4.78 is 11.4. The average Bonchev–Trinajstić information content (AvgIpc) is 3.06. The topological polar surface area (TPSA) is 51.5 Å². The van der Waals surface area contributed by atoms with Crippen molar-refractivity contribution in [2.24, 2.45) is 0 Å². The van der Waals surface area contributed by atoms with Gasteiger partial charge in [-0.2, -0.15) is 0 Å². The number of furan rings is 1. The molecule has 0 aliphatic carbocycles. The average molecular weight is 412 g/mol. The minimum atomic E-state index is -0.0739. The highest BCUT2D eigenvalue weighted by atomic mass is 35.5. The number of methoxy groups -OCH3 is 1. The number of thioether (sulfide) groups is 1. The molecule has 6 heteroatoms.